The van der Waals surface area contributed by atoms with Gasteiger partial charge in [0, 0.05) is 6.07 Å². The predicted octanol–water partition coefficient (Wildman–Crippen LogP) is 6.59. The Kier molecular flexibility index (Phi) is 6.26. The van der Waals surface area contributed by atoms with E-state index in [9.17, 15) is 18.0 Å². The number of aromatic nitrogens is 1. The van der Waals surface area contributed by atoms with E-state index in [0.29, 0.717) is 17.3 Å². The molecule has 30 heavy (non-hydrogen) atoms. The van der Waals surface area contributed by atoms with E-state index in [1.54, 1.807) is 51.1 Å². The first-order valence-electron chi connectivity index (χ1n) is 9.35. The van der Waals surface area contributed by atoms with Gasteiger partial charge >= 0.3 is 12.1 Å². The minimum absolute atomic E-state index is 0.350. The number of nitrogens with zero attached hydrogens (tertiary/aromatic N) is 1. The van der Waals surface area contributed by atoms with Crippen LogP contribution in [0.2, 0.25) is 0 Å². The SMILES string of the molecule is CC(OC(=O)[C@H]1[C@H](/C=C(\Br)C(F)(F)F)C1(C)C)c1cccc(Oc2ccccc2)n1. The van der Waals surface area contributed by atoms with Gasteiger partial charge in [0.1, 0.15) is 11.9 Å². The van der Waals surface area contributed by atoms with Crippen LogP contribution in [0.4, 0.5) is 13.2 Å². The topological polar surface area (TPSA) is 48.4 Å². The standard InChI is InChI=1S/C22H21BrF3NO3/c1-13(16-10-7-11-18(27-16)30-14-8-5-4-6-9-14)29-20(28)19-15(21(19,2)3)12-17(23)22(24,25)26/h4-13,15,19H,1-3H3/b17-12-/t13?,15-,19+/m0/s1. The van der Waals surface area contributed by atoms with Crippen molar-refractivity contribution in [3.8, 4) is 11.6 Å². The molecule has 1 aromatic heterocycles. The van der Waals surface area contributed by atoms with Crippen LogP contribution >= 0.6 is 15.9 Å². The number of allylic oxidation sites excluding steroid dienone is 2. The van der Waals surface area contributed by atoms with E-state index in [1.165, 1.54) is 0 Å². The van der Waals surface area contributed by atoms with Crippen molar-refractivity contribution >= 4 is 21.9 Å². The van der Waals surface area contributed by atoms with Crippen LogP contribution in [0.25, 0.3) is 0 Å². The third kappa shape index (κ3) is 5.03. The van der Waals surface area contributed by atoms with Crippen molar-refractivity contribution in [3.63, 3.8) is 0 Å². The zero-order valence-corrected chi connectivity index (χ0v) is 18.2. The van der Waals surface area contributed by atoms with Crippen LogP contribution in [0.15, 0.2) is 59.1 Å². The summed E-state index contributed by atoms with van der Waals surface area (Å²) >= 11 is 2.55. The summed E-state index contributed by atoms with van der Waals surface area (Å²) in [5, 5.41) is 0. The van der Waals surface area contributed by atoms with Gasteiger partial charge in [-0.1, -0.05) is 44.2 Å². The number of pyridine rings is 1. The Hall–Kier alpha value is -2.35. The van der Waals surface area contributed by atoms with Gasteiger partial charge in [0.05, 0.1) is 16.1 Å². The van der Waals surface area contributed by atoms with E-state index in [-0.39, 0.29) is 0 Å². The quantitative estimate of drug-likeness (QED) is 0.434. The molecule has 3 rings (SSSR count). The van der Waals surface area contributed by atoms with Gasteiger partial charge in [-0.25, -0.2) is 4.98 Å². The summed E-state index contributed by atoms with van der Waals surface area (Å²) in [4.78, 5) is 17.0. The molecule has 1 aliphatic rings. The highest BCUT2D eigenvalue weighted by Gasteiger charge is 2.62. The Bertz CT molecular complexity index is 944. The summed E-state index contributed by atoms with van der Waals surface area (Å²) in [5.41, 5.74) is -0.133. The first kappa shape index (κ1) is 22.3. The summed E-state index contributed by atoms with van der Waals surface area (Å²) in [5.74, 6) is -0.792. The number of hydrogen-bond acceptors (Lipinski definition) is 4. The van der Waals surface area contributed by atoms with E-state index in [1.807, 2.05) is 18.2 Å². The molecule has 1 saturated carbocycles. The molecule has 3 atom stereocenters. The van der Waals surface area contributed by atoms with Crippen molar-refractivity contribution in [2.24, 2.45) is 17.3 Å². The molecule has 1 aromatic carbocycles. The first-order chi connectivity index (χ1) is 14.0. The maximum Gasteiger partial charge on any atom is 0.422 e. The second-order valence-corrected chi connectivity index (χ2v) is 8.59. The van der Waals surface area contributed by atoms with E-state index in [2.05, 4.69) is 20.9 Å². The lowest BCUT2D eigenvalue weighted by Crippen LogP contribution is -2.14. The molecule has 0 amide bonds. The van der Waals surface area contributed by atoms with Gasteiger partial charge in [0.2, 0.25) is 5.88 Å². The molecule has 1 heterocycles. The van der Waals surface area contributed by atoms with Gasteiger partial charge < -0.3 is 9.47 Å². The normalized spacial score (nSPS) is 21.6. The fourth-order valence-corrected chi connectivity index (χ4v) is 3.61. The van der Waals surface area contributed by atoms with Crippen molar-refractivity contribution in [2.75, 3.05) is 0 Å². The summed E-state index contributed by atoms with van der Waals surface area (Å²) in [6, 6.07) is 14.2. The smallest absolute Gasteiger partial charge is 0.422 e. The van der Waals surface area contributed by atoms with E-state index >= 15 is 0 Å². The number of esters is 1. The summed E-state index contributed by atoms with van der Waals surface area (Å²) in [6.07, 6.45) is -4.11. The number of carbonyl (C=O) groups excluding carboxylic acids is 1. The summed E-state index contributed by atoms with van der Waals surface area (Å²) < 4.78 is 48.7. The Morgan fingerprint density at radius 2 is 1.83 bits per heavy atom. The number of para-hydroxylation sites is 1. The van der Waals surface area contributed by atoms with Crippen LogP contribution < -0.4 is 4.74 Å². The van der Waals surface area contributed by atoms with Crippen LogP contribution in [0.3, 0.4) is 0 Å². The van der Waals surface area contributed by atoms with E-state index in [0.717, 1.165) is 6.08 Å². The predicted molar refractivity (Wildman–Crippen MR) is 109 cm³/mol. The molecule has 0 aliphatic heterocycles. The van der Waals surface area contributed by atoms with Crippen molar-refractivity contribution in [2.45, 2.75) is 33.1 Å². The second kappa shape index (κ2) is 8.41. The Labute approximate surface area is 181 Å². The average Bonchev–Trinajstić information content (AvgIpc) is 3.22. The number of rotatable bonds is 6. The highest BCUT2D eigenvalue weighted by molar-refractivity contribution is 9.11. The maximum absolute atomic E-state index is 12.8. The third-order valence-electron chi connectivity index (χ3n) is 5.18. The minimum atomic E-state index is -4.48. The third-order valence-corrected chi connectivity index (χ3v) is 5.90. The van der Waals surface area contributed by atoms with Gasteiger partial charge in [-0.2, -0.15) is 13.2 Å². The molecular formula is C22H21BrF3NO3. The van der Waals surface area contributed by atoms with Crippen molar-refractivity contribution in [1.82, 2.24) is 4.98 Å². The molecule has 0 N–H and O–H groups in total. The van der Waals surface area contributed by atoms with E-state index in [4.69, 9.17) is 9.47 Å². The zero-order chi connectivity index (χ0) is 22.1. The molecule has 1 fully saturated rings. The lowest BCUT2D eigenvalue weighted by atomic mass is 10.1. The van der Waals surface area contributed by atoms with Crippen molar-refractivity contribution < 1.29 is 27.4 Å². The molecule has 0 bridgehead atoms. The lowest BCUT2D eigenvalue weighted by molar-refractivity contribution is -0.151. The summed E-state index contributed by atoms with van der Waals surface area (Å²) in [6.45, 7) is 5.15. The minimum Gasteiger partial charge on any atom is -0.456 e. The fraction of sp³-hybridized carbons (Fsp3) is 0.364. The number of hydrogen-bond donors (Lipinski definition) is 0. The van der Waals surface area contributed by atoms with Gasteiger partial charge in [0.15, 0.2) is 0 Å². The molecule has 0 saturated heterocycles. The fourth-order valence-electron chi connectivity index (χ4n) is 3.32. The molecule has 0 radical (unpaired) electrons. The second-order valence-electron chi connectivity index (χ2n) is 7.73. The monoisotopic (exact) mass is 483 g/mol. The van der Waals surface area contributed by atoms with Crippen LogP contribution in [0.1, 0.15) is 32.6 Å². The number of alkyl halides is 3. The highest BCUT2D eigenvalue weighted by atomic mass is 79.9. The van der Waals surface area contributed by atoms with Gasteiger partial charge in [-0.05, 0) is 52.4 Å². The Balaban J connectivity index is 1.67. The van der Waals surface area contributed by atoms with Crippen LogP contribution in [-0.4, -0.2) is 17.1 Å². The Morgan fingerprint density at radius 3 is 2.47 bits per heavy atom. The molecule has 0 spiro atoms. The summed E-state index contributed by atoms with van der Waals surface area (Å²) in [7, 11) is 0. The van der Waals surface area contributed by atoms with Crippen LogP contribution in [0.5, 0.6) is 11.6 Å². The van der Waals surface area contributed by atoms with Gasteiger partial charge in [-0.15, -0.1) is 0 Å². The largest absolute Gasteiger partial charge is 0.456 e. The first-order valence-corrected chi connectivity index (χ1v) is 10.1. The van der Waals surface area contributed by atoms with Crippen LogP contribution in [0, 0.1) is 17.3 Å². The highest BCUT2D eigenvalue weighted by Crippen LogP contribution is 2.60. The van der Waals surface area contributed by atoms with Crippen molar-refractivity contribution in [1.29, 1.82) is 0 Å². The maximum atomic E-state index is 12.8. The number of halogens is 4. The molecule has 1 aliphatic carbocycles. The molecular weight excluding hydrogens is 463 g/mol. The van der Waals surface area contributed by atoms with Gasteiger partial charge in [0.25, 0.3) is 0 Å². The number of ether oxygens (including phenoxy) is 2. The van der Waals surface area contributed by atoms with Crippen LogP contribution in [-0.2, 0) is 9.53 Å². The molecule has 2 aromatic rings. The average molecular weight is 484 g/mol. The Morgan fingerprint density at radius 1 is 1.17 bits per heavy atom. The number of carbonyl (C=O) groups is 1. The van der Waals surface area contributed by atoms with E-state index < -0.39 is 40.0 Å². The molecule has 4 nitrogen and oxygen atoms in total. The zero-order valence-electron chi connectivity index (χ0n) is 16.6. The van der Waals surface area contributed by atoms with Gasteiger partial charge in [-0.3, -0.25) is 4.79 Å². The molecule has 1 unspecified atom stereocenters. The molecule has 160 valence electrons. The lowest BCUT2D eigenvalue weighted by Gasteiger charge is -2.14. The molecule has 8 heteroatoms. The number of benzene rings is 1. The van der Waals surface area contributed by atoms with Crippen molar-refractivity contribution in [3.05, 3.63) is 64.8 Å².